The average molecular weight is 334 g/mol. The molecular formula is C19H21ClFNO. The fourth-order valence-electron chi connectivity index (χ4n) is 2.39. The molecule has 1 amide bonds. The van der Waals surface area contributed by atoms with E-state index in [1.807, 2.05) is 19.1 Å². The average Bonchev–Trinajstić information content (AvgIpc) is 2.50. The summed E-state index contributed by atoms with van der Waals surface area (Å²) < 4.78 is 13.1. The molecule has 0 aliphatic carbocycles. The zero-order chi connectivity index (χ0) is 17.0. The van der Waals surface area contributed by atoms with Gasteiger partial charge in [0.25, 0.3) is 0 Å². The van der Waals surface area contributed by atoms with Crippen LogP contribution in [0.4, 0.5) is 10.1 Å². The fourth-order valence-corrected chi connectivity index (χ4v) is 2.57. The van der Waals surface area contributed by atoms with Crippen LogP contribution in [0.5, 0.6) is 0 Å². The molecule has 2 aromatic rings. The van der Waals surface area contributed by atoms with Gasteiger partial charge >= 0.3 is 0 Å². The zero-order valence-corrected chi connectivity index (χ0v) is 14.3. The van der Waals surface area contributed by atoms with Crippen molar-refractivity contribution in [1.82, 2.24) is 0 Å². The van der Waals surface area contributed by atoms with Crippen molar-refractivity contribution < 1.29 is 9.18 Å². The Bertz CT molecular complexity index is 682. The number of anilines is 1. The van der Waals surface area contributed by atoms with Gasteiger partial charge in [0, 0.05) is 5.69 Å². The van der Waals surface area contributed by atoms with Gasteiger partial charge in [-0.05, 0) is 48.6 Å². The van der Waals surface area contributed by atoms with Gasteiger partial charge in [0.15, 0.2) is 0 Å². The van der Waals surface area contributed by atoms with Gasteiger partial charge in [-0.1, -0.05) is 49.7 Å². The lowest BCUT2D eigenvalue weighted by molar-refractivity contribution is -0.117. The highest BCUT2D eigenvalue weighted by atomic mass is 35.5. The minimum Gasteiger partial charge on any atom is -0.326 e. The maximum Gasteiger partial charge on any atom is 0.231 e. The first kappa shape index (κ1) is 17.5. The Labute approximate surface area is 141 Å². The van der Waals surface area contributed by atoms with E-state index in [4.69, 9.17) is 11.6 Å². The quantitative estimate of drug-likeness (QED) is 0.777. The predicted molar refractivity (Wildman–Crippen MR) is 93.4 cm³/mol. The van der Waals surface area contributed by atoms with E-state index in [2.05, 4.69) is 31.3 Å². The first-order valence-electron chi connectivity index (χ1n) is 7.71. The second kappa shape index (κ2) is 7.60. The Morgan fingerprint density at radius 1 is 1.13 bits per heavy atom. The first-order valence-corrected chi connectivity index (χ1v) is 8.09. The van der Waals surface area contributed by atoms with Gasteiger partial charge in [0.05, 0.1) is 10.9 Å². The largest absolute Gasteiger partial charge is 0.326 e. The number of benzene rings is 2. The molecule has 2 nitrogen and oxygen atoms in total. The number of carbonyl (C=O) groups is 1. The molecule has 0 aromatic heterocycles. The van der Waals surface area contributed by atoms with E-state index < -0.39 is 5.82 Å². The lowest BCUT2D eigenvalue weighted by Crippen LogP contribution is -2.18. The minimum absolute atomic E-state index is 0.00603. The maximum atomic E-state index is 13.1. The Morgan fingerprint density at radius 2 is 1.78 bits per heavy atom. The number of nitrogens with one attached hydrogen (secondary N) is 1. The van der Waals surface area contributed by atoms with Crippen molar-refractivity contribution in [2.45, 2.75) is 33.1 Å². The summed E-state index contributed by atoms with van der Waals surface area (Å²) in [6.45, 7) is 6.20. The molecule has 0 fully saturated rings. The molecule has 1 N–H and O–H groups in total. The van der Waals surface area contributed by atoms with Gasteiger partial charge in [-0.15, -0.1) is 0 Å². The number of carbonyl (C=O) groups excluding carboxylic acids is 1. The summed E-state index contributed by atoms with van der Waals surface area (Å²) in [4.78, 5) is 12.3. The molecule has 1 atom stereocenters. The molecule has 0 saturated heterocycles. The fraction of sp³-hybridized carbons (Fsp3) is 0.316. The number of hydrogen-bond acceptors (Lipinski definition) is 1. The Balaban J connectivity index is 2.05. The van der Waals surface area contributed by atoms with E-state index in [-0.39, 0.29) is 16.8 Å². The van der Waals surface area contributed by atoms with E-state index in [0.717, 1.165) is 12.0 Å². The van der Waals surface area contributed by atoms with Crippen molar-refractivity contribution in [3.05, 3.63) is 64.4 Å². The molecule has 0 aliphatic rings. The van der Waals surface area contributed by atoms with Crippen molar-refractivity contribution in [3.8, 4) is 0 Å². The zero-order valence-electron chi connectivity index (χ0n) is 13.6. The summed E-state index contributed by atoms with van der Waals surface area (Å²) in [5.41, 5.74) is 2.70. The van der Waals surface area contributed by atoms with Crippen LogP contribution in [0.15, 0.2) is 42.5 Å². The standard InChI is InChI=1S/C19H21ClFNO/c1-12(2)10-14-4-6-15(7-5-14)13(3)19(23)22-16-8-9-18(21)17(20)11-16/h4-9,11-13H,10H2,1-3H3,(H,22,23)/t13-/m1/s1. The van der Waals surface area contributed by atoms with Crippen LogP contribution in [-0.2, 0) is 11.2 Å². The van der Waals surface area contributed by atoms with Gasteiger partial charge in [-0.3, -0.25) is 4.79 Å². The van der Waals surface area contributed by atoms with E-state index in [9.17, 15) is 9.18 Å². The number of hydrogen-bond donors (Lipinski definition) is 1. The third-order valence-corrected chi connectivity index (χ3v) is 3.99. The van der Waals surface area contributed by atoms with Crippen LogP contribution in [0.25, 0.3) is 0 Å². The Kier molecular flexibility index (Phi) is 5.78. The van der Waals surface area contributed by atoms with Crippen LogP contribution < -0.4 is 5.32 Å². The molecule has 0 heterocycles. The summed E-state index contributed by atoms with van der Waals surface area (Å²) in [5.74, 6) is -0.348. The lowest BCUT2D eigenvalue weighted by atomic mass is 9.96. The molecule has 4 heteroatoms. The smallest absolute Gasteiger partial charge is 0.231 e. The van der Waals surface area contributed by atoms with Crippen molar-refractivity contribution in [3.63, 3.8) is 0 Å². The second-order valence-electron chi connectivity index (χ2n) is 6.18. The Hall–Kier alpha value is -1.87. The third-order valence-electron chi connectivity index (χ3n) is 3.70. The molecule has 0 spiro atoms. The van der Waals surface area contributed by atoms with Crippen LogP contribution in [0.1, 0.15) is 37.8 Å². The molecule has 2 rings (SSSR count). The Morgan fingerprint density at radius 3 is 2.35 bits per heavy atom. The second-order valence-corrected chi connectivity index (χ2v) is 6.59. The predicted octanol–water partition coefficient (Wildman–Crippen LogP) is 5.42. The first-order chi connectivity index (χ1) is 10.9. The van der Waals surface area contributed by atoms with Crippen LogP contribution in [0.2, 0.25) is 5.02 Å². The SMILES string of the molecule is CC(C)Cc1ccc([C@@H](C)C(=O)Nc2ccc(F)c(Cl)c2)cc1. The molecular weight excluding hydrogens is 313 g/mol. The topological polar surface area (TPSA) is 29.1 Å². The highest BCUT2D eigenvalue weighted by Crippen LogP contribution is 2.22. The summed E-state index contributed by atoms with van der Waals surface area (Å²) in [6, 6.07) is 12.2. The number of amides is 1. The summed E-state index contributed by atoms with van der Waals surface area (Å²) in [7, 11) is 0. The molecule has 122 valence electrons. The molecule has 23 heavy (non-hydrogen) atoms. The van der Waals surface area contributed by atoms with Crippen molar-refractivity contribution in [2.75, 3.05) is 5.32 Å². The summed E-state index contributed by atoms with van der Waals surface area (Å²) >= 11 is 5.73. The highest BCUT2D eigenvalue weighted by Gasteiger charge is 2.16. The summed E-state index contributed by atoms with van der Waals surface area (Å²) in [6.07, 6.45) is 1.02. The van der Waals surface area contributed by atoms with Crippen LogP contribution in [0, 0.1) is 11.7 Å². The monoisotopic (exact) mass is 333 g/mol. The third kappa shape index (κ3) is 4.80. The lowest BCUT2D eigenvalue weighted by Gasteiger charge is -2.14. The van der Waals surface area contributed by atoms with Crippen molar-refractivity contribution in [1.29, 1.82) is 0 Å². The molecule has 2 aromatic carbocycles. The van der Waals surface area contributed by atoms with Crippen molar-refractivity contribution >= 4 is 23.2 Å². The normalized spacial score (nSPS) is 12.3. The number of rotatable bonds is 5. The van der Waals surface area contributed by atoms with Gasteiger partial charge in [0.2, 0.25) is 5.91 Å². The minimum atomic E-state index is -0.501. The van der Waals surface area contributed by atoms with Crippen LogP contribution >= 0.6 is 11.6 Å². The van der Waals surface area contributed by atoms with Gasteiger partial charge in [-0.2, -0.15) is 0 Å². The number of halogens is 2. The molecule has 0 aliphatic heterocycles. The molecule has 0 radical (unpaired) electrons. The van der Waals surface area contributed by atoms with Crippen LogP contribution in [0.3, 0.4) is 0 Å². The van der Waals surface area contributed by atoms with Crippen molar-refractivity contribution in [2.24, 2.45) is 5.92 Å². The van der Waals surface area contributed by atoms with E-state index in [0.29, 0.717) is 11.6 Å². The van der Waals surface area contributed by atoms with Gasteiger partial charge < -0.3 is 5.32 Å². The van der Waals surface area contributed by atoms with Gasteiger partial charge in [0.1, 0.15) is 5.82 Å². The van der Waals surface area contributed by atoms with E-state index >= 15 is 0 Å². The van der Waals surface area contributed by atoms with Gasteiger partial charge in [-0.25, -0.2) is 4.39 Å². The summed E-state index contributed by atoms with van der Waals surface area (Å²) in [5, 5.41) is 2.76. The molecule has 0 bridgehead atoms. The van der Waals surface area contributed by atoms with E-state index in [1.165, 1.54) is 23.8 Å². The highest BCUT2D eigenvalue weighted by molar-refractivity contribution is 6.31. The van der Waals surface area contributed by atoms with E-state index in [1.54, 1.807) is 0 Å². The maximum absolute atomic E-state index is 13.1. The van der Waals surface area contributed by atoms with Crippen LogP contribution in [-0.4, -0.2) is 5.91 Å². The molecule has 0 saturated carbocycles. The molecule has 0 unspecified atom stereocenters.